The Morgan fingerprint density at radius 1 is 1.69 bits per heavy atom. The summed E-state index contributed by atoms with van der Waals surface area (Å²) in [6, 6.07) is 0.128. The van der Waals surface area contributed by atoms with E-state index in [9.17, 15) is 0 Å². The second-order valence-electron chi connectivity index (χ2n) is 3.55. The van der Waals surface area contributed by atoms with Gasteiger partial charge in [0.2, 0.25) is 0 Å². The number of aryl methyl sites for hydroxylation is 1. The molecule has 0 spiro atoms. The van der Waals surface area contributed by atoms with Crippen LogP contribution in [0.15, 0.2) is 6.20 Å². The fourth-order valence-corrected chi connectivity index (χ4v) is 1.72. The van der Waals surface area contributed by atoms with Gasteiger partial charge in [0.25, 0.3) is 0 Å². The molecule has 0 saturated carbocycles. The van der Waals surface area contributed by atoms with Crippen molar-refractivity contribution in [3.63, 3.8) is 0 Å². The predicted molar refractivity (Wildman–Crippen MR) is 49.2 cm³/mol. The molecule has 0 radical (unpaired) electrons. The first-order chi connectivity index (χ1) is 6.20. The first-order valence-corrected chi connectivity index (χ1v) is 4.56. The maximum atomic E-state index is 5.93. The van der Waals surface area contributed by atoms with Gasteiger partial charge in [-0.15, -0.1) is 0 Å². The number of aromatic nitrogens is 2. The second kappa shape index (κ2) is 3.12. The van der Waals surface area contributed by atoms with E-state index in [4.69, 9.17) is 10.5 Å². The maximum absolute atomic E-state index is 5.93. The molecular weight excluding hydrogens is 166 g/mol. The number of rotatable bonds is 1. The second-order valence-corrected chi connectivity index (χ2v) is 3.55. The van der Waals surface area contributed by atoms with Gasteiger partial charge >= 0.3 is 0 Å². The molecule has 1 aliphatic rings. The summed E-state index contributed by atoms with van der Waals surface area (Å²) >= 11 is 0. The van der Waals surface area contributed by atoms with E-state index in [2.05, 4.69) is 5.10 Å². The van der Waals surface area contributed by atoms with Crippen LogP contribution in [0, 0.1) is 6.92 Å². The number of nitrogens with two attached hydrogens (primary N) is 1. The van der Waals surface area contributed by atoms with Crippen molar-refractivity contribution in [1.29, 1.82) is 0 Å². The Morgan fingerprint density at radius 3 is 2.92 bits per heavy atom. The summed E-state index contributed by atoms with van der Waals surface area (Å²) < 4.78 is 7.42. The third kappa shape index (κ3) is 1.36. The van der Waals surface area contributed by atoms with Crippen molar-refractivity contribution in [3.8, 4) is 0 Å². The molecule has 2 atom stereocenters. The van der Waals surface area contributed by atoms with E-state index in [0.29, 0.717) is 0 Å². The van der Waals surface area contributed by atoms with E-state index in [0.717, 1.165) is 24.3 Å². The third-order valence-corrected chi connectivity index (χ3v) is 2.72. The van der Waals surface area contributed by atoms with Gasteiger partial charge in [0.1, 0.15) is 6.10 Å². The lowest BCUT2D eigenvalue weighted by atomic mass is 10.0. The minimum Gasteiger partial charge on any atom is -0.372 e. The van der Waals surface area contributed by atoms with Crippen LogP contribution in [0.2, 0.25) is 0 Å². The van der Waals surface area contributed by atoms with Gasteiger partial charge in [-0.1, -0.05) is 0 Å². The van der Waals surface area contributed by atoms with Crippen LogP contribution in [0.4, 0.5) is 0 Å². The molecule has 1 aliphatic heterocycles. The third-order valence-electron chi connectivity index (χ3n) is 2.72. The predicted octanol–water partition coefficient (Wildman–Crippen LogP) is 0.517. The molecule has 2 unspecified atom stereocenters. The van der Waals surface area contributed by atoms with Crippen molar-refractivity contribution in [2.75, 3.05) is 6.61 Å². The fraction of sp³-hybridized carbons (Fsp3) is 0.667. The zero-order valence-corrected chi connectivity index (χ0v) is 8.03. The summed E-state index contributed by atoms with van der Waals surface area (Å²) in [5, 5.41) is 4.18. The lowest BCUT2D eigenvalue weighted by molar-refractivity contribution is 0.104. The molecule has 2 heterocycles. The lowest BCUT2D eigenvalue weighted by Crippen LogP contribution is -2.23. The number of ether oxygens (including phenoxy) is 1. The van der Waals surface area contributed by atoms with Crippen molar-refractivity contribution >= 4 is 0 Å². The van der Waals surface area contributed by atoms with Gasteiger partial charge in [-0.25, -0.2) is 0 Å². The Bertz CT molecular complexity index is 308. The molecule has 1 aromatic heterocycles. The van der Waals surface area contributed by atoms with Gasteiger partial charge in [0.15, 0.2) is 0 Å². The highest BCUT2D eigenvalue weighted by molar-refractivity contribution is 5.21. The van der Waals surface area contributed by atoms with Crippen molar-refractivity contribution in [2.24, 2.45) is 12.8 Å². The van der Waals surface area contributed by atoms with E-state index >= 15 is 0 Å². The van der Waals surface area contributed by atoms with Gasteiger partial charge < -0.3 is 10.5 Å². The molecule has 4 nitrogen and oxygen atoms in total. The Kier molecular flexibility index (Phi) is 2.09. The summed E-state index contributed by atoms with van der Waals surface area (Å²) in [4.78, 5) is 0. The SMILES string of the molecule is Cc1c(C2OCCC2N)cnn1C. The van der Waals surface area contributed by atoms with Crippen molar-refractivity contribution < 1.29 is 4.74 Å². The van der Waals surface area contributed by atoms with Crippen LogP contribution in [0.25, 0.3) is 0 Å². The smallest absolute Gasteiger partial charge is 0.101 e. The van der Waals surface area contributed by atoms with Crippen LogP contribution >= 0.6 is 0 Å². The molecular formula is C9H15N3O. The Balaban J connectivity index is 2.29. The van der Waals surface area contributed by atoms with Crippen LogP contribution in [0.5, 0.6) is 0 Å². The molecule has 0 aliphatic carbocycles. The standard InChI is InChI=1S/C9H15N3O/c1-6-7(5-11-12(6)2)9-8(10)3-4-13-9/h5,8-9H,3-4,10H2,1-2H3. The summed E-state index contributed by atoms with van der Waals surface area (Å²) in [7, 11) is 1.93. The van der Waals surface area contributed by atoms with Crippen molar-refractivity contribution in [1.82, 2.24) is 9.78 Å². The molecule has 1 fully saturated rings. The van der Waals surface area contributed by atoms with Crippen LogP contribution in [-0.2, 0) is 11.8 Å². The van der Waals surface area contributed by atoms with E-state index in [1.807, 2.05) is 24.9 Å². The van der Waals surface area contributed by atoms with Crippen molar-refractivity contribution in [2.45, 2.75) is 25.5 Å². The summed E-state index contributed by atoms with van der Waals surface area (Å²) in [5.41, 5.74) is 8.20. The fourth-order valence-electron chi connectivity index (χ4n) is 1.72. The minimum atomic E-state index is 0.0497. The van der Waals surface area contributed by atoms with E-state index in [1.165, 1.54) is 0 Å². The number of nitrogens with zero attached hydrogens (tertiary/aromatic N) is 2. The van der Waals surface area contributed by atoms with E-state index in [1.54, 1.807) is 0 Å². The zero-order valence-electron chi connectivity index (χ0n) is 8.03. The highest BCUT2D eigenvalue weighted by Gasteiger charge is 2.28. The van der Waals surface area contributed by atoms with E-state index in [-0.39, 0.29) is 12.1 Å². The molecule has 72 valence electrons. The molecule has 1 aromatic rings. The monoisotopic (exact) mass is 181 g/mol. The van der Waals surface area contributed by atoms with E-state index < -0.39 is 0 Å². The Hall–Kier alpha value is -0.870. The minimum absolute atomic E-state index is 0.0497. The molecule has 1 saturated heterocycles. The molecule has 0 aromatic carbocycles. The molecule has 4 heteroatoms. The van der Waals surface area contributed by atoms with Crippen LogP contribution < -0.4 is 5.73 Å². The van der Waals surface area contributed by atoms with Crippen LogP contribution in [0.1, 0.15) is 23.8 Å². The Morgan fingerprint density at radius 2 is 2.46 bits per heavy atom. The number of hydrogen-bond donors (Lipinski definition) is 1. The topological polar surface area (TPSA) is 53.1 Å². The van der Waals surface area contributed by atoms with Crippen LogP contribution in [-0.4, -0.2) is 22.4 Å². The van der Waals surface area contributed by atoms with Gasteiger partial charge in [0, 0.05) is 31.0 Å². The van der Waals surface area contributed by atoms with Gasteiger partial charge in [-0.2, -0.15) is 5.10 Å². The molecule has 0 bridgehead atoms. The average molecular weight is 181 g/mol. The normalized spacial score (nSPS) is 28.2. The number of hydrogen-bond acceptors (Lipinski definition) is 3. The summed E-state index contributed by atoms with van der Waals surface area (Å²) in [6.45, 7) is 2.80. The largest absolute Gasteiger partial charge is 0.372 e. The Labute approximate surface area is 77.7 Å². The first kappa shape index (κ1) is 8.72. The lowest BCUT2D eigenvalue weighted by Gasteiger charge is -2.13. The summed E-state index contributed by atoms with van der Waals surface area (Å²) in [6.07, 6.45) is 2.85. The highest BCUT2D eigenvalue weighted by atomic mass is 16.5. The van der Waals surface area contributed by atoms with Gasteiger partial charge in [-0.3, -0.25) is 4.68 Å². The quantitative estimate of drug-likeness (QED) is 0.687. The first-order valence-electron chi connectivity index (χ1n) is 4.56. The molecule has 13 heavy (non-hydrogen) atoms. The zero-order chi connectivity index (χ0) is 9.42. The maximum Gasteiger partial charge on any atom is 0.101 e. The van der Waals surface area contributed by atoms with Crippen molar-refractivity contribution in [3.05, 3.63) is 17.5 Å². The molecule has 2 N–H and O–H groups in total. The highest BCUT2D eigenvalue weighted by Crippen LogP contribution is 2.29. The molecule has 0 amide bonds. The van der Waals surface area contributed by atoms with Gasteiger partial charge in [0.05, 0.1) is 6.20 Å². The summed E-state index contributed by atoms with van der Waals surface area (Å²) in [5.74, 6) is 0. The molecule has 2 rings (SSSR count). The van der Waals surface area contributed by atoms with Crippen LogP contribution in [0.3, 0.4) is 0 Å². The van der Waals surface area contributed by atoms with Gasteiger partial charge in [-0.05, 0) is 13.3 Å². The average Bonchev–Trinajstić information content (AvgIpc) is 2.62.